The maximum Gasteiger partial charge on any atom is 0.153 e. The van der Waals surface area contributed by atoms with Crippen molar-refractivity contribution in [1.29, 1.82) is 0 Å². The van der Waals surface area contributed by atoms with Crippen LogP contribution in [0.2, 0.25) is 0 Å². The van der Waals surface area contributed by atoms with Gasteiger partial charge in [-0.3, -0.25) is 4.79 Å². The zero-order valence-electron chi connectivity index (χ0n) is 9.49. The van der Waals surface area contributed by atoms with Gasteiger partial charge in [0.05, 0.1) is 11.2 Å². The first-order valence-corrected chi connectivity index (χ1v) is 6.52. The van der Waals surface area contributed by atoms with Gasteiger partial charge in [-0.25, -0.2) is 0 Å². The molecule has 0 radical (unpaired) electrons. The Morgan fingerprint density at radius 3 is 2.76 bits per heavy atom. The Hall–Kier alpha value is -0.870. The summed E-state index contributed by atoms with van der Waals surface area (Å²) in [7, 11) is 0. The summed E-state index contributed by atoms with van der Waals surface area (Å²) in [4.78, 5) is 10.9. The zero-order valence-corrected chi connectivity index (χ0v) is 11.1. The van der Waals surface area contributed by atoms with E-state index in [0.29, 0.717) is 11.3 Å². The number of hydrogen-bond donors (Lipinski definition) is 1. The number of aldehydes is 1. The van der Waals surface area contributed by atoms with Gasteiger partial charge < -0.3 is 9.84 Å². The summed E-state index contributed by atoms with van der Waals surface area (Å²) in [6, 6.07) is 5.27. The van der Waals surface area contributed by atoms with Crippen molar-refractivity contribution in [3.05, 3.63) is 28.2 Å². The highest BCUT2D eigenvalue weighted by Crippen LogP contribution is 2.31. The fraction of sp³-hybridized carbons (Fsp3) is 0.462. The molecule has 0 bridgehead atoms. The van der Waals surface area contributed by atoms with Crippen molar-refractivity contribution in [2.75, 3.05) is 6.61 Å². The maximum absolute atomic E-state index is 10.9. The fourth-order valence-corrected chi connectivity index (χ4v) is 2.51. The van der Waals surface area contributed by atoms with E-state index in [9.17, 15) is 9.90 Å². The first kappa shape index (κ1) is 12.6. The van der Waals surface area contributed by atoms with Crippen molar-refractivity contribution < 1.29 is 14.6 Å². The number of carbonyl (C=O) groups excluding carboxylic acids is 1. The number of rotatable bonds is 4. The van der Waals surface area contributed by atoms with Gasteiger partial charge in [-0.15, -0.1) is 0 Å². The molecule has 1 aliphatic carbocycles. The van der Waals surface area contributed by atoms with Gasteiger partial charge in [-0.1, -0.05) is 28.8 Å². The zero-order chi connectivity index (χ0) is 12.3. The standard InChI is InChI=1S/C13H15BrO3/c14-11-3-4-12(10(7-11)8-15)17-9-13(16)5-1-2-6-13/h3-4,7-8,16H,1-2,5-6,9H2. The summed E-state index contributed by atoms with van der Waals surface area (Å²) in [5.74, 6) is 0.531. The summed E-state index contributed by atoms with van der Waals surface area (Å²) in [6.45, 7) is 0.259. The van der Waals surface area contributed by atoms with Crippen LogP contribution >= 0.6 is 15.9 Å². The molecule has 0 amide bonds. The SMILES string of the molecule is O=Cc1cc(Br)ccc1OCC1(O)CCCC1. The molecule has 1 aromatic rings. The molecule has 0 heterocycles. The number of halogens is 1. The van der Waals surface area contributed by atoms with Crippen molar-refractivity contribution >= 4 is 22.2 Å². The van der Waals surface area contributed by atoms with Crippen LogP contribution in [-0.4, -0.2) is 23.6 Å². The molecule has 2 rings (SSSR count). The summed E-state index contributed by atoms with van der Waals surface area (Å²) >= 11 is 3.30. The lowest BCUT2D eigenvalue weighted by Crippen LogP contribution is -2.32. The van der Waals surface area contributed by atoms with Crippen molar-refractivity contribution in [2.24, 2.45) is 0 Å². The van der Waals surface area contributed by atoms with E-state index in [1.807, 2.05) is 6.07 Å². The second kappa shape index (κ2) is 5.19. The van der Waals surface area contributed by atoms with Crippen molar-refractivity contribution in [3.63, 3.8) is 0 Å². The van der Waals surface area contributed by atoms with E-state index in [-0.39, 0.29) is 6.61 Å². The predicted octanol–water partition coefficient (Wildman–Crippen LogP) is 2.95. The lowest BCUT2D eigenvalue weighted by Gasteiger charge is -2.22. The van der Waals surface area contributed by atoms with Crippen LogP contribution in [0.3, 0.4) is 0 Å². The Bertz CT molecular complexity index is 411. The summed E-state index contributed by atoms with van der Waals surface area (Å²) in [5.41, 5.74) is -0.214. The molecule has 0 saturated heterocycles. The molecule has 92 valence electrons. The molecule has 1 fully saturated rings. The van der Waals surface area contributed by atoms with Gasteiger partial charge in [0.2, 0.25) is 0 Å². The Kier molecular flexibility index (Phi) is 3.84. The molecule has 17 heavy (non-hydrogen) atoms. The van der Waals surface area contributed by atoms with Gasteiger partial charge >= 0.3 is 0 Å². The number of benzene rings is 1. The molecule has 1 N–H and O–H groups in total. The van der Waals surface area contributed by atoms with E-state index in [0.717, 1.165) is 36.4 Å². The predicted molar refractivity (Wildman–Crippen MR) is 68.4 cm³/mol. The Morgan fingerprint density at radius 1 is 1.41 bits per heavy atom. The van der Waals surface area contributed by atoms with Crippen molar-refractivity contribution in [3.8, 4) is 5.75 Å². The van der Waals surface area contributed by atoms with Crippen molar-refractivity contribution in [2.45, 2.75) is 31.3 Å². The molecule has 4 heteroatoms. The Morgan fingerprint density at radius 2 is 2.12 bits per heavy atom. The van der Waals surface area contributed by atoms with Gasteiger partial charge in [0, 0.05) is 4.47 Å². The molecule has 0 aliphatic heterocycles. The summed E-state index contributed by atoms with van der Waals surface area (Å²) in [5, 5.41) is 10.1. The normalized spacial score (nSPS) is 18.0. The smallest absolute Gasteiger partial charge is 0.153 e. The van der Waals surface area contributed by atoms with Crippen LogP contribution in [0.15, 0.2) is 22.7 Å². The highest BCUT2D eigenvalue weighted by atomic mass is 79.9. The lowest BCUT2D eigenvalue weighted by atomic mass is 10.0. The minimum absolute atomic E-state index is 0.259. The maximum atomic E-state index is 10.9. The van der Waals surface area contributed by atoms with Crippen LogP contribution in [0, 0.1) is 0 Å². The molecule has 1 saturated carbocycles. The van der Waals surface area contributed by atoms with Crippen LogP contribution in [0.1, 0.15) is 36.0 Å². The average molecular weight is 299 g/mol. The number of carbonyl (C=O) groups is 1. The quantitative estimate of drug-likeness (QED) is 0.870. The van der Waals surface area contributed by atoms with Crippen LogP contribution in [0.5, 0.6) is 5.75 Å². The first-order valence-electron chi connectivity index (χ1n) is 5.73. The average Bonchev–Trinajstić information content (AvgIpc) is 2.75. The molecule has 3 nitrogen and oxygen atoms in total. The van der Waals surface area contributed by atoms with Crippen LogP contribution in [-0.2, 0) is 0 Å². The van der Waals surface area contributed by atoms with E-state index in [1.165, 1.54) is 0 Å². The minimum atomic E-state index is -0.715. The first-order chi connectivity index (χ1) is 8.13. The highest BCUT2D eigenvalue weighted by Gasteiger charge is 2.32. The van der Waals surface area contributed by atoms with Crippen LogP contribution < -0.4 is 4.74 Å². The van der Waals surface area contributed by atoms with Gasteiger partial charge in [-0.05, 0) is 31.0 Å². The summed E-state index contributed by atoms with van der Waals surface area (Å²) < 4.78 is 6.41. The molecule has 1 aromatic carbocycles. The largest absolute Gasteiger partial charge is 0.490 e. The van der Waals surface area contributed by atoms with E-state index in [2.05, 4.69) is 15.9 Å². The Balaban J connectivity index is 2.05. The monoisotopic (exact) mass is 298 g/mol. The second-order valence-corrected chi connectivity index (χ2v) is 5.44. The minimum Gasteiger partial charge on any atom is -0.490 e. The summed E-state index contributed by atoms with van der Waals surface area (Å²) in [6.07, 6.45) is 4.40. The van der Waals surface area contributed by atoms with E-state index in [4.69, 9.17) is 4.74 Å². The van der Waals surface area contributed by atoms with E-state index in [1.54, 1.807) is 12.1 Å². The van der Waals surface area contributed by atoms with Crippen molar-refractivity contribution in [1.82, 2.24) is 0 Å². The van der Waals surface area contributed by atoms with E-state index >= 15 is 0 Å². The molecular weight excluding hydrogens is 284 g/mol. The third-order valence-electron chi connectivity index (χ3n) is 3.13. The van der Waals surface area contributed by atoms with Gasteiger partial charge in [0.15, 0.2) is 6.29 Å². The van der Waals surface area contributed by atoms with Crippen LogP contribution in [0.4, 0.5) is 0 Å². The van der Waals surface area contributed by atoms with E-state index < -0.39 is 5.60 Å². The molecule has 0 atom stereocenters. The highest BCUT2D eigenvalue weighted by molar-refractivity contribution is 9.10. The number of ether oxygens (including phenoxy) is 1. The number of hydrogen-bond acceptors (Lipinski definition) is 3. The molecule has 0 spiro atoms. The van der Waals surface area contributed by atoms with Gasteiger partial charge in [0.1, 0.15) is 12.4 Å². The molecule has 0 aromatic heterocycles. The molecular formula is C13H15BrO3. The third-order valence-corrected chi connectivity index (χ3v) is 3.62. The second-order valence-electron chi connectivity index (χ2n) is 4.52. The third kappa shape index (κ3) is 3.07. The molecule has 1 aliphatic rings. The lowest BCUT2D eigenvalue weighted by molar-refractivity contribution is 0.00122. The van der Waals surface area contributed by atoms with Crippen LogP contribution in [0.25, 0.3) is 0 Å². The topological polar surface area (TPSA) is 46.5 Å². The number of aliphatic hydroxyl groups is 1. The van der Waals surface area contributed by atoms with Gasteiger partial charge in [0.25, 0.3) is 0 Å². The molecule has 0 unspecified atom stereocenters. The fourth-order valence-electron chi connectivity index (χ4n) is 2.13. The van der Waals surface area contributed by atoms with Gasteiger partial charge in [-0.2, -0.15) is 0 Å². The Labute approximate surface area is 109 Å².